The van der Waals surface area contributed by atoms with Crippen molar-refractivity contribution in [3.8, 4) is 11.8 Å². The van der Waals surface area contributed by atoms with E-state index in [1.165, 1.54) is 7.11 Å². The summed E-state index contributed by atoms with van der Waals surface area (Å²) in [5, 5.41) is 5.62. The maximum atomic E-state index is 12.0. The summed E-state index contributed by atoms with van der Waals surface area (Å²) in [5.74, 6) is 5.66. The van der Waals surface area contributed by atoms with Crippen LogP contribution in [0.4, 0.5) is 10.5 Å². The van der Waals surface area contributed by atoms with E-state index in [0.717, 1.165) is 25.0 Å². The number of nitrogens with one attached hydrogen (secondary N) is 2. The number of amides is 2. The van der Waals surface area contributed by atoms with Gasteiger partial charge in [0.25, 0.3) is 0 Å². The van der Waals surface area contributed by atoms with Crippen molar-refractivity contribution in [2.45, 2.75) is 18.9 Å². The van der Waals surface area contributed by atoms with Gasteiger partial charge in [0, 0.05) is 30.0 Å². The van der Waals surface area contributed by atoms with E-state index in [9.17, 15) is 9.59 Å². The first-order valence-corrected chi connectivity index (χ1v) is 9.11. The second-order valence-electron chi connectivity index (χ2n) is 6.37. The molecular formula is C22H22N2O4. The van der Waals surface area contributed by atoms with Crippen LogP contribution < -0.4 is 10.6 Å². The topological polar surface area (TPSA) is 76.7 Å². The molecular weight excluding hydrogens is 356 g/mol. The lowest BCUT2D eigenvalue weighted by Crippen LogP contribution is -2.35. The van der Waals surface area contributed by atoms with Crippen molar-refractivity contribution in [2.24, 2.45) is 0 Å². The highest BCUT2D eigenvalue weighted by molar-refractivity contribution is 5.90. The Balaban J connectivity index is 1.61. The Labute approximate surface area is 164 Å². The molecule has 28 heavy (non-hydrogen) atoms. The summed E-state index contributed by atoms with van der Waals surface area (Å²) >= 11 is 0. The van der Waals surface area contributed by atoms with E-state index in [1.54, 1.807) is 30.3 Å². The Morgan fingerprint density at radius 2 is 1.89 bits per heavy atom. The SMILES string of the molecule is COC(=O)c1cccc(C#Cc2cccc(NC(=O)NCC3CCCO3)c2)c1. The Kier molecular flexibility index (Phi) is 6.66. The van der Waals surface area contributed by atoms with E-state index in [4.69, 9.17) is 9.47 Å². The Morgan fingerprint density at radius 1 is 1.14 bits per heavy atom. The summed E-state index contributed by atoms with van der Waals surface area (Å²) in [5.41, 5.74) is 2.56. The summed E-state index contributed by atoms with van der Waals surface area (Å²) in [6, 6.07) is 13.9. The van der Waals surface area contributed by atoms with Crippen molar-refractivity contribution >= 4 is 17.7 Å². The molecule has 0 bridgehead atoms. The maximum Gasteiger partial charge on any atom is 0.337 e. The number of urea groups is 1. The highest BCUT2D eigenvalue weighted by Crippen LogP contribution is 2.12. The lowest BCUT2D eigenvalue weighted by molar-refractivity contribution is 0.0600. The first kappa shape index (κ1) is 19.5. The molecule has 3 rings (SSSR count). The average Bonchev–Trinajstić information content (AvgIpc) is 3.24. The van der Waals surface area contributed by atoms with Crippen LogP contribution in [0, 0.1) is 11.8 Å². The molecule has 6 heteroatoms. The molecule has 144 valence electrons. The van der Waals surface area contributed by atoms with Gasteiger partial charge < -0.3 is 20.1 Å². The number of methoxy groups -OCH3 is 1. The molecule has 1 heterocycles. The first-order valence-electron chi connectivity index (χ1n) is 9.11. The van der Waals surface area contributed by atoms with Crippen molar-refractivity contribution < 1.29 is 19.1 Å². The Morgan fingerprint density at radius 3 is 2.61 bits per heavy atom. The summed E-state index contributed by atoms with van der Waals surface area (Å²) in [7, 11) is 1.34. The Hall–Kier alpha value is -3.30. The molecule has 1 atom stereocenters. The fourth-order valence-electron chi connectivity index (χ4n) is 2.85. The van der Waals surface area contributed by atoms with Crippen LogP contribution in [0.1, 0.15) is 34.3 Å². The van der Waals surface area contributed by atoms with Crippen LogP contribution in [-0.4, -0.2) is 38.4 Å². The van der Waals surface area contributed by atoms with Gasteiger partial charge in [0.2, 0.25) is 0 Å². The number of anilines is 1. The van der Waals surface area contributed by atoms with Gasteiger partial charge in [-0.15, -0.1) is 0 Å². The zero-order valence-corrected chi connectivity index (χ0v) is 15.7. The van der Waals surface area contributed by atoms with Gasteiger partial charge in [0.15, 0.2) is 0 Å². The van der Waals surface area contributed by atoms with E-state index in [1.807, 2.05) is 18.2 Å². The molecule has 1 fully saturated rings. The number of hydrogen-bond acceptors (Lipinski definition) is 4. The molecule has 1 aliphatic rings. The number of ether oxygens (including phenoxy) is 2. The number of carbonyl (C=O) groups is 2. The maximum absolute atomic E-state index is 12.0. The van der Waals surface area contributed by atoms with Gasteiger partial charge in [-0.2, -0.15) is 0 Å². The van der Waals surface area contributed by atoms with Gasteiger partial charge in [-0.25, -0.2) is 9.59 Å². The lowest BCUT2D eigenvalue weighted by atomic mass is 10.1. The van der Waals surface area contributed by atoms with Crippen LogP contribution in [-0.2, 0) is 9.47 Å². The van der Waals surface area contributed by atoms with Gasteiger partial charge in [0.1, 0.15) is 0 Å². The fourth-order valence-corrected chi connectivity index (χ4v) is 2.85. The van der Waals surface area contributed by atoms with Gasteiger partial charge in [-0.3, -0.25) is 0 Å². The van der Waals surface area contributed by atoms with Crippen LogP contribution in [0.25, 0.3) is 0 Å². The lowest BCUT2D eigenvalue weighted by Gasteiger charge is -2.11. The summed E-state index contributed by atoms with van der Waals surface area (Å²) < 4.78 is 10.2. The van der Waals surface area contributed by atoms with Gasteiger partial charge >= 0.3 is 12.0 Å². The minimum Gasteiger partial charge on any atom is -0.465 e. The molecule has 0 saturated carbocycles. The van der Waals surface area contributed by atoms with Crippen molar-refractivity contribution in [2.75, 3.05) is 25.6 Å². The van der Waals surface area contributed by atoms with Crippen LogP contribution in [0.5, 0.6) is 0 Å². The summed E-state index contributed by atoms with van der Waals surface area (Å²) in [4.78, 5) is 23.6. The normalized spacial score (nSPS) is 15.2. The number of rotatable bonds is 4. The summed E-state index contributed by atoms with van der Waals surface area (Å²) in [6.07, 6.45) is 2.11. The molecule has 2 aromatic rings. The second-order valence-corrected chi connectivity index (χ2v) is 6.37. The third kappa shape index (κ3) is 5.60. The van der Waals surface area contributed by atoms with Gasteiger partial charge in [0.05, 0.1) is 18.8 Å². The third-order valence-electron chi connectivity index (χ3n) is 4.27. The van der Waals surface area contributed by atoms with Crippen LogP contribution in [0.2, 0.25) is 0 Å². The van der Waals surface area contributed by atoms with Crippen molar-refractivity contribution in [1.29, 1.82) is 0 Å². The van der Waals surface area contributed by atoms with Gasteiger partial charge in [-0.05, 0) is 49.2 Å². The number of esters is 1. The predicted molar refractivity (Wildman–Crippen MR) is 106 cm³/mol. The second kappa shape index (κ2) is 9.58. The van der Waals surface area contributed by atoms with Gasteiger partial charge in [-0.1, -0.05) is 24.0 Å². The minimum atomic E-state index is -0.399. The zero-order valence-electron chi connectivity index (χ0n) is 15.7. The minimum absolute atomic E-state index is 0.101. The average molecular weight is 378 g/mol. The molecule has 1 aliphatic heterocycles. The van der Waals surface area contributed by atoms with E-state index in [0.29, 0.717) is 23.4 Å². The highest BCUT2D eigenvalue weighted by Gasteiger charge is 2.16. The van der Waals surface area contributed by atoms with Crippen molar-refractivity contribution in [3.05, 3.63) is 65.2 Å². The van der Waals surface area contributed by atoms with E-state index < -0.39 is 5.97 Å². The molecule has 1 unspecified atom stereocenters. The Bertz CT molecular complexity index is 908. The van der Waals surface area contributed by atoms with Crippen molar-refractivity contribution in [3.63, 3.8) is 0 Å². The highest BCUT2D eigenvalue weighted by atomic mass is 16.5. The molecule has 2 N–H and O–H groups in total. The first-order chi connectivity index (χ1) is 13.6. The monoisotopic (exact) mass is 378 g/mol. The van der Waals surface area contributed by atoms with E-state index in [-0.39, 0.29) is 12.1 Å². The molecule has 0 radical (unpaired) electrons. The van der Waals surface area contributed by atoms with Crippen molar-refractivity contribution in [1.82, 2.24) is 5.32 Å². The predicted octanol–water partition coefficient (Wildman–Crippen LogP) is 3.17. The van der Waals surface area contributed by atoms with Crippen LogP contribution in [0.3, 0.4) is 0 Å². The van der Waals surface area contributed by atoms with E-state index in [2.05, 4.69) is 22.5 Å². The molecule has 0 aliphatic carbocycles. The van der Waals surface area contributed by atoms with Crippen LogP contribution in [0.15, 0.2) is 48.5 Å². The number of hydrogen-bond donors (Lipinski definition) is 2. The smallest absolute Gasteiger partial charge is 0.337 e. The molecule has 0 aromatic heterocycles. The largest absolute Gasteiger partial charge is 0.465 e. The quantitative estimate of drug-likeness (QED) is 0.633. The fraction of sp³-hybridized carbons (Fsp3) is 0.273. The standard InChI is InChI=1S/C22H22N2O4/c1-27-21(25)18-7-2-5-16(13-18)10-11-17-6-3-8-19(14-17)24-22(26)23-15-20-9-4-12-28-20/h2-3,5-8,13-14,20H,4,9,12,15H2,1H3,(H2,23,24,26). The number of benzene rings is 2. The molecule has 1 saturated heterocycles. The molecule has 6 nitrogen and oxygen atoms in total. The third-order valence-corrected chi connectivity index (χ3v) is 4.27. The van der Waals surface area contributed by atoms with Crippen LogP contribution >= 0.6 is 0 Å². The number of carbonyl (C=O) groups excluding carboxylic acids is 2. The molecule has 2 amide bonds. The van der Waals surface area contributed by atoms with E-state index >= 15 is 0 Å². The molecule has 2 aromatic carbocycles. The zero-order chi connectivity index (χ0) is 19.8. The summed E-state index contributed by atoms with van der Waals surface area (Å²) in [6.45, 7) is 1.26. The molecule has 0 spiro atoms.